The van der Waals surface area contributed by atoms with Crippen molar-refractivity contribution in [3.63, 3.8) is 0 Å². The van der Waals surface area contributed by atoms with E-state index >= 15 is 0 Å². The zero-order valence-electron chi connectivity index (χ0n) is 8.74. The highest BCUT2D eigenvalue weighted by Gasteiger charge is 2.10. The number of carbonyl (C=O) groups excluding carboxylic acids is 1. The summed E-state index contributed by atoms with van der Waals surface area (Å²) in [6, 6.07) is 18.8. The molecule has 2 aromatic carbocycles. The zero-order valence-corrected chi connectivity index (χ0v) is 8.74. The number of hydrogen-bond donors (Lipinski definition) is 0. The van der Waals surface area contributed by atoms with Crippen molar-refractivity contribution in [2.45, 2.75) is 6.10 Å². The summed E-state index contributed by atoms with van der Waals surface area (Å²) in [5.41, 5.74) is 0.862. The van der Waals surface area contributed by atoms with Gasteiger partial charge in [-0.25, -0.2) is 0 Å². The number of aldehydes is 1. The lowest BCUT2D eigenvalue weighted by molar-refractivity contribution is -0.113. The topological polar surface area (TPSA) is 26.3 Å². The fourth-order valence-corrected chi connectivity index (χ4v) is 1.46. The van der Waals surface area contributed by atoms with Gasteiger partial charge in [0.25, 0.3) is 0 Å². The SMILES string of the molecule is O=CC(Oc1ccccc1)c1ccccc1. The Morgan fingerprint density at radius 3 is 2.00 bits per heavy atom. The van der Waals surface area contributed by atoms with Crippen LogP contribution >= 0.6 is 0 Å². The third-order valence-electron chi connectivity index (χ3n) is 2.26. The van der Waals surface area contributed by atoms with Crippen LogP contribution in [0.15, 0.2) is 60.7 Å². The first-order valence-corrected chi connectivity index (χ1v) is 5.12. The molecule has 0 aliphatic carbocycles. The van der Waals surface area contributed by atoms with Crippen molar-refractivity contribution in [3.8, 4) is 5.75 Å². The Kier molecular flexibility index (Phi) is 3.34. The molecule has 0 radical (unpaired) electrons. The summed E-state index contributed by atoms with van der Waals surface area (Å²) in [6.07, 6.45) is 0.270. The smallest absolute Gasteiger partial charge is 0.179 e. The molecule has 0 amide bonds. The molecule has 80 valence electrons. The van der Waals surface area contributed by atoms with E-state index in [0.717, 1.165) is 11.8 Å². The van der Waals surface area contributed by atoms with Crippen LogP contribution in [0.2, 0.25) is 0 Å². The van der Waals surface area contributed by atoms with E-state index in [1.54, 1.807) is 0 Å². The van der Waals surface area contributed by atoms with Crippen molar-refractivity contribution in [3.05, 3.63) is 66.2 Å². The normalized spacial score (nSPS) is 11.8. The average molecular weight is 212 g/mol. The second-order valence-electron chi connectivity index (χ2n) is 3.40. The maximum atomic E-state index is 11.0. The molecule has 0 N–H and O–H groups in total. The van der Waals surface area contributed by atoms with Crippen LogP contribution in [-0.4, -0.2) is 6.29 Å². The minimum Gasteiger partial charge on any atom is -0.478 e. The van der Waals surface area contributed by atoms with Crippen LogP contribution in [0.5, 0.6) is 5.75 Å². The number of hydrogen-bond acceptors (Lipinski definition) is 2. The van der Waals surface area contributed by atoms with Crippen molar-refractivity contribution >= 4 is 6.29 Å². The molecular weight excluding hydrogens is 200 g/mol. The van der Waals surface area contributed by atoms with Crippen LogP contribution in [0, 0.1) is 0 Å². The van der Waals surface area contributed by atoms with Gasteiger partial charge in [0.15, 0.2) is 12.4 Å². The van der Waals surface area contributed by atoms with Gasteiger partial charge in [-0.05, 0) is 17.7 Å². The summed E-state index contributed by atoms with van der Waals surface area (Å²) in [5.74, 6) is 0.698. The van der Waals surface area contributed by atoms with Gasteiger partial charge in [-0.2, -0.15) is 0 Å². The van der Waals surface area contributed by atoms with Crippen LogP contribution < -0.4 is 4.74 Å². The fourth-order valence-electron chi connectivity index (χ4n) is 1.46. The van der Waals surface area contributed by atoms with Crippen LogP contribution in [-0.2, 0) is 4.79 Å². The Morgan fingerprint density at radius 1 is 0.875 bits per heavy atom. The standard InChI is InChI=1S/C14H12O2/c15-11-14(12-7-3-1-4-8-12)16-13-9-5-2-6-10-13/h1-11,14H. The van der Waals surface area contributed by atoms with E-state index < -0.39 is 6.10 Å². The van der Waals surface area contributed by atoms with Gasteiger partial charge in [-0.3, -0.25) is 4.79 Å². The lowest BCUT2D eigenvalue weighted by atomic mass is 10.1. The molecule has 0 bridgehead atoms. The highest BCUT2D eigenvalue weighted by molar-refractivity contribution is 5.60. The number of carbonyl (C=O) groups is 1. The average Bonchev–Trinajstić information content (AvgIpc) is 2.38. The molecule has 0 aliphatic heterocycles. The predicted molar refractivity (Wildman–Crippen MR) is 62.3 cm³/mol. The monoisotopic (exact) mass is 212 g/mol. The van der Waals surface area contributed by atoms with Gasteiger partial charge in [-0.1, -0.05) is 48.5 Å². The molecule has 1 unspecified atom stereocenters. The Hall–Kier alpha value is -2.09. The van der Waals surface area contributed by atoms with Gasteiger partial charge in [-0.15, -0.1) is 0 Å². The number of para-hydroxylation sites is 1. The Balaban J connectivity index is 2.16. The molecule has 0 aliphatic rings. The van der Waals surface area contributed by atoms with Crippen LogP contribution in [0.4, 0.5) is 0 Å². The molecule has 0 fully saturated rings. The Morgan fingerprint density at radius 2 is 1.44 bits per heavy atom. The molecule has 16 heavy (non-hydrogen) atoms. The molecule has 0 spiro atoms. The number of ether oxygens (including phenoxy) is 1. The van der Waals surface area contributed by atoms with E-state index in [0.29, 0.717) is 5.75 Å². The van der Waals surface area contributed by atoms with Gasteiger partial charge in [0.2, 0.25) is 0 Å². The van der Waals surface area contributed by atoms with E-state index in [-0.39, 0.29) is 0 Å². The van der Waals surface area contributed by atoms with Crippen molar-refractivity contribution in [2.75, 3.05) is 0 Å². The van der Waals surface area contributed by atoms with Crippen LogP contribution in [0.3, 0.4) is 0 Å². The molecule has 1 atom stereocenters. The first-order valence-electron chi connectivity index (χ1n) is 5.12. The van der Waals surface area contributed by atoms with E-state index in [1.807, 2.05) is 60.7 Å². The van der Waals surface area contributed by atoms with E-state index in [9.17, 15) is 4.79 Å². The predicted octanol–water partition coefficient (Wildman–Crippen LogP) is 3.01. The van der Waals surface area contributed by atoms with Crippen molar-refractivity contribution in [2.24, 2.45) is 0 Å². The van der Waals surface area contributed by atoms with Gasteiger partial charge in [0.1, 0.15) is 5.75 Å². The molecule has 0 saturated heterocycles. The number of rotatable bonds is 4. The van der Waals surface area contributed by atoms with Gasteiger partial charge >= 0.3 is 0 Å². The highest BCUT2D eigenvalue weighted by atomic mass is 16.5. The first kappa shape index (κ1) is 10.4. The van der Waals surface area contributed by atoms with Crippen LogP contribution in [0.1, 0.15) is 11.7 Å². The Bertz CT molecular complexity index is 437. The maximum Gasteiger partial charge on any atom is 0.179 e. The largest absolute Gasteiger partial charge is 0.478 e. The molecule has 0 aromatic heterocycles. The van der Waals surface area contributed by atoms with Crippen molar-refractivity contribution in [1.82, 2.24) is 0 Å². The van der Waals surface area contributed by atoms with Gasteiger partial charge in [0, 0.05) is 0 Å². The second kappa shape index (κ2) is 5.12. The zero-order chi connectivity index (χ0) is 11.2. The maximum absolute atomic E-state index is 11.0. The second-order valence-corrected chi connectivity index (χ2v) is 3.40. The van der Waals surface area contributed by atoms with Crippen molar-refractivity contribution in [1.29, 1.82) is 0 Å². The third kappa shape index (κ3) is 2.48. The quantitative estimate of drug-likeness (QED) is 0.728. The highest BCUT2D eigenvalue weighted by Crippen LogP contribution is 2.19. The summed E-state index contributed by atoms with van der Waals surface area (Å²) >= 11 is 0. The summed E-state index contributed by atoms with van der Waals surface area (Å²) in [6.45, 7) is 0. The van der Waals surface area contributed by atoms with Crippen molar-refractivity contribution < 1.29 is 9.53 Å². The summed E-state index contributed by atoms with van der Waals surface area (Å²) in [5, 5.41) is 0. The van der Waals surface area contributed by atoms with Gasteiger partial charge < -0.3 is 4.74 Å². The van der Waals surface area contributed by atoms with E-state index in [2.05, 4.69) is 0 Å². The summed E-state index contributed by atoms with van der Waals surface area (Å²) in [4.78, 5) is 11.0. The number of benzene rings is 2. The minimum atomic E-state index is -0.538. The molecular formula is C14H12O2. The van der Waals surface area contributed by atoms with E-state index in [1.165, 1.54) is 0 Å². The molecule has 2 nitrogen and oxygen atoms in total. The van der Waals surface area contributed by atoms with Gasteiger partial charge in [0.05, 0.1) is 0 Å². The molecule has 2 aromatic rings. The van der Waals surface area contributed by atoms with Crippen LogP contribution in [0.25, 0.3) is 0 Å². The summed E-state index contributed by atoms with van der Waals surface area (Å²) in [7, 11) is 0. The van der Waals surface area contributed by atoms with E-state index in [4.69, 9.17) is 4.74 Å². The fraction of sp³-hybridized carbons (Fsp3) is 0.0714. The lowest BCUT2D eigenvalue weighted by Gasteiger charge is -2.13. The minimum absolute atomic E-state index is 0.538. The lowest BCUT2D eigenvalue weighted by Crippen LogP contribution is -2.08. The molecule has 2 rings (SSSR count). The first-order chi connectivity index (χ1) is 7.90. The molecule has 2 heteroatoms. The summed E-state index contributed by atoms with van der Waals surface area (Å²) < 4.78 is 5.58. The molecule has 0 heterocycles. The molecule has 0 saturated carbocycles. The Labute approximate surface area is 94.5 Å². The third-order valence-corrected chi connectivity index (χ3v) is 2.26.